The fourth-order valence-electron chi connectivity index (χ4n) is 8.05. The van der Waals surface area contributed by atoms with Crippen LogP contribution in [0.2, 0.25) is 0 Å². The predicted molar refractivity (Wildman–Crippen MR) is 210 cm³/mol. The van der Waals surface area contributed by atoms with Crippen molar-refractivity contribution in [3.05, 3.63) is 215 Å². The molecule has 8 aromatic rings. The van der Waals surface area contributed by atoms with E-state index in [2.05, 4.69) is 0 Å². The van der Waals surface area contributed by atoms with Crippen LogP contribution in [0.3, 0.4) is 0 Å². The average Bonchev–Trinajstić information content (AvgIpc) is 3.21. The van der Waals surface area contributed by atoms with Gasteiger partial charge in [0, 0.05) is 36.5 Å². The van der Waals surface area contributed by atoms with E-state index in [4.69, 9.17) is 9.47 Å². The van der Waals surface area contributed by atoms with Crippen LogP contribution >= 0.6 is 0 Å². The van der Waals surface area contributed by atoms with E-state index >= 15 is 0 Å². The van der Waals surface area contributed by atoms with Crippen molar-refractivity contribution in [2.75, 3.05) is 14.2 Å². The molecule has 0 saturated carbocycles. The molecule has 0 heterocycles. The van der Waals surface area contributed by atoms with Crippen molar-refractivity contribution in [3.8, 4) is 22.6 Å². The molecule has 0 saturated heterocycles. The van der Waals surface area contributed by atoms with Crippen LogP contribution in [0.15, 0.2) is 182 Å². The Morgan fingerprint density at radius 1 is 0.365 bits per heavy atom. The summed E-state index contributed by atoms with van der Waals surface area (Å²) in [7, 11) is 3.35. The second kappa shape index (κ2) is 13.5. The lowest BCUT2D eigenvalue weighted by Crippen LogP contribution is -2.32. The molecule has 0 unspecified atom stereocenters. The van der Waals surface area contributed by atoms with Gasteiger partial charge in [-0.3, -0.25) is 0 Å². The van der Waals surface area contributed by atoms with Gasteiger partial charge in [0.2, 0.25) is 0 Å². The third-order valence-corrected chi connectivity index (χ3v) is 10.4. The van der Waals surface area contributed by atoms with E-state index in [1.54, 1.807) is 14.2 Å². The van der Waals surface area contributed by atoms with Crippen molar-refractivity contribution in [3.63, 3.8) is 0 Å². The minimum absolute atomic E-state index is 0.00768. The number of rotatable bonds is 9. The number of aromatic hydroxyl groups is 2. The normalized spacial score (nSPS) is 12.0. The average molecular weight is 679 g/mol. The molecule has 4 nitrogen and oxygen atoms in total. The summed E-state index contributed by atoms with van der Waals surface area (Å²) in [4.78, 5) is 0. The summed E-state index contributed by atoms with van der Waals surface area (Å²) in [5.74, 6) is 0.0154. The van der Waals surface area contributed by atoms with Gasteiger partial charge in [-0.2, -0.15) is 0 Å². The van der Waals surface area contributed by atoms with Crippen LogP contribution in [0.4, 0.5) is 0 Å². The van der Waals surface area contributed by atoms with Gasteiger partial charge >= 0.3 is 0 Å². The Labute approximate surface area is 303 Å². The molecule has 8 aromatic carbocycles. The SMILES string of the molecule is COC(c1ccccc1)(c1ccccc1)c1cc2ccccc2c(-c2c(O)c(C(OC)(c3ccccc3)c3ccccc3)cc3ccccc23)c1O. The summed E-state index contributed by atoms with van der Waals surface area (Å²) >= 11 is 0. The molecule has 254 valence electrons. The van der Waals surface area contributed by atoms with Crippen molar-refractivity contribution >= 4 is 21.5 Å². The summed E-state index contributed by atoms with van der Waals surface area (Å²) < 4.78 is 13.2. The Bertz CT molecular complexity index is 2240. The van der Waals surface area contributed by atoms with Crippen LogP contribution in [-0.2, 0) is 20.7 Å². The summed E-state index contributed by atoms with van der Waals surface area (Å²) in [6.45, 7) is 0. The maximum atomic E-state index is 13.0. The molecule has 0 spiro atoms. The second-order valence-corrected chi connectivity index (χ2v) is 13.0. The highest BCUT2D eigenvalue weighted by atomic mass is 16.5. The van der Waals surface area contributed by atoms with Gasteiger partial charge in [-0.05, 0) is 55.9 Å². The zero-order valence-corrected chi connectivity index (χ0v) is 29.0. The Kier molecular flexibility index (Phi) is 8.56. The van der Waals surface area contributed by atoms with Crippen LogP contribution in [0.5, 0.6) is 11.5 Å². The molecule has 0 radical (unpaired) electrons. The van der Waals surface area contributed by atoms with Gasteiger partial charge in [0.05, 0.1) is 0 Å². The topological polar surface area (TPSA) is 58.9 Å². The fourth-order valence-corrected chi connectivity index (χ4v) is 8.05. The summed E-state index contributed by atoms with van der Waals surface area (Å²) in [6.07, 6.45) is 0. The smallest absolute Gasteiger partial charge is 0.146 e. The van der Waals surface area contributed by atoms with Gasteiger partial charge in [0.25, 0.3) is 0 Å². The lowest BCUT2D eigenvalue weighted by molar-refractivity contribution is 0.0563. The standard InChI is InChI=1S/C48H38O4/c1-51-47(35-21-7-3-8-22-35,36-23-9-4-10-24-36)41-31-33-19-15-17-29-39(33)43(45(41)49)44-40-30-18-16-20-34(40)32-42(46(44)50)48(52-2,37-25-11-5-12-26-37)38-27-13-6-14-28-38/h3-32,49-50H,1-2H3. The number of benzene rings is 8. The quantitative estimate of drug-likeness (QED) is 0.149. The van der Waals surface area contributed by atoms with Crippen LogP contribution in [0, 0.1) is 0 Å². The number of phenols is 2. The lowest BCUT2D eigenvalue weighted by Gasteiger charge is -2.37. The first-order chi connectivity index (χ1) is 25.5. The minimum Gasteiger partial charge on any atom is -0.507 e. The Morgan fingerprint density at radius 2 is 0.635 bits per heavy atom. The lowest BCUT2D eigenvalue weighted by atomic mass is 9.75. The number of phenolic OH excluding ortho intramolecular Hbond substituents is 2. The Balaban J connectivity index is 1.54. The van der Waals surface area contributed by atoms with E-state index < -0.39 is 11.2 Å². The fraction of sp³-hybridized carbons (Fsp3) is 0.0833. The molecule has 0 aliphatic rings. The first-order valence-electron chi connectivity index (χ1n) is 17.4. The van der Waals surface area contributed by atoms with E-state index in [1.807, 2.05) is 182 Å². The van der Waals surface area contributed by atoms with Crippen LogP contribution in [0.1, 0.15) is 33.4 Å². The summed E-state index contributed by atoms with van der Waals surface area (Å²) in [6, 6.07) is 59.8. The van der Waals surface area contributed by atoms with Gasteiger partial charge in [0.15, 0.2) is 0 Å². The molecule has 0 bridgehead atoms. The van der Waals surface area contributed by atoms with Crippen molar-refractivity contribution in [2.45, 2.75) is 11.2 Å². The van der Waals surface area contributed by atoms with Crippen molar-refractivity contribution in [1.82, 2.24) is 0 Å². The Hall–Kier alpha value is -6.20. The molecule has 0 amide bonds. The first-order valence-corrected chi connectivity index (χ1v) is 17.4. The molecular formula is C48H38O4. The van der Waals surface area contributed by atoms with Crippen LogP contribution in [-0.4, -0.2) is 24.4 Å². The maximum Gasteiger partial charge on any atom is 0.146 e. The second-order valence-electron chi connectivity index (χ2n) is 13.0. The molecule has 8 rings (SSSR count). The number of fused-ring (bicyclic) bond motifs is 2. The van der Waals surface area contributed by atoms with Gasteiger partial charge in [-0.1, -0.05) is 170 Å². The number of hydrogen-bond acceptors (Lipinski definition) is 4. The van der Waals surface area contributed by atoms with Crippen molar-refractivity contribution in [1.29, 1.82) is 0 Å². The van der Waals surface area contributed by atoms with E-state index in [0.29, 0.717) is 22.3 Å². The van der Waals surface area contributed by atoms with E-state index in [9.17, 15) is 10.2 Å². The third-order valence-electron chi connectivity index (χ3n) is 10.4. The molecule has 0 aliphatic heterocycles. The number of methoxy groups -OCH3 is 2. The molecule has 0 aromatic heterocycles. The Morgan fingerprint density at radius 3 is 0.923 bits per heavy atom. The molecule has 2 N–H and O–H groups in total. The largest absolute Gasteiger partial charge is 0.507 e. The maximum absolute atomic E-state index is 13.0. The van der Waals surface area contributed by atoms with Gasteiger partial charge in [0.1, 0.15) is 22.7 Å². The van der Waals surface area contributed by atoms with E-state index in [0.717, 1.165) is 43.8 Å². The third kappa shape index (κ3) is 5.07. The molecular weight excluding hydrogens is 641 g/mol. The van der Waals surface area contributed by atoms with Gasteiger partial charge < -0.3 is 19.7 Å². The number of hydrogen-bond donors (Lipinski definition) is 2. The first kappa shape index (κ1) is 33.0. The van der Waals surface area contributed by atoms with Crippen LogP contribution < -0.4 is 0 Å². The highest BCUT2D eigenvalue weighted by Gasteiger charge is 2.43. The van der Waals surface area contributed by atoms with Gasteiger partial charge in [-0.25, -0.2) is 0 Å². The molecule has 52 heavy (non-hydrogen) atoms. The monoisotopic (exact) mass is 678 g/mol. The van der Waals surface area contributed by atoms with Crippen LogP contribution in [0.25, 0.3) is 32.7 Å². The molecule has 4 heteroatoms. The minimum atomic E-state index is -1.20. The van der Waals surface area contributed by atoms with Crippen molar-refractivity contribution < 1.29 is 19.7 Å². The molecule has 0 aliphatic carbocycles. The summed E-state index contributed by atoms with van der Waals surface area (Å²) in [5, 5.41) is 29.3. The molecule has 0 fully saturated rings. The van der Waals surface area contributed by atoms with E-state index in [-0.39, 0.29) is 11.5 Å². The predicted octanol–water partition coefficient (Wildman–Crippen LogP) is 10.9. The van der Waals surface area contributed by atoms with Crippen molar-refractivity contribution in [2.24, 2.45) is 0 Å². The highest BCUT2D eigenvalue weighted by Crippen LogP contribution is 2.55. The van der Waals surface area contributed by atoms with E-state index in [1.165, 1.54) is 0 Å². The highest BCUT2D eigenvalue weighted by molar-refractivity contribution is 6.11. The summed E-state index contributed by atoms with van der Waals surface area (Å²) in [5.41, 5.74) is 3.15. The zero-order chi connectivity index (χ0) is 35.7. The molecule has 0 atom stereocenters. The van der Waals surface area contributed by atoms with Gasteiger partial charge in [-0.15, -0.1) is 0 Å². The number of ether oxygens (including phenoxy) is 2. The zero-order valence-electron chi connectivity index (χ0n) is 29.0.